The summed E-state index contributed by atoms with van der Waals surface area (Å²) in [5, 5.41) is 17.2. The molecule has 0 aliphatic rings. The molecule has 1 rings (SSSR count). The summed E-state index contributed by atoms with van der Waals surface area (Å²) in [5.41, 5.74) is 1.32. The molecule has 0 unspecified atom stereocenters. The van der Waals surface area contributed by atoms with Crippen LogP contribution in [0.3, 0.4) is 0 Å². The minimum atomic E-state index is -0.450. The predicted molar refractivity (Wildman–Crippen MR) is 80.2 cm³/mol. The molecule has 3 heteroatoms. The third kappa shape index (κ3) is 6.22. The molecule has 2 nitrogen and oxygen atoms in total. The fourth-order valence-corrected chi connectivity index (χ4v) is 2.26. The van der Waals surface area contributed by atoms with Crippen molar-refractivity contribution in [3.05, 3.63) is 46.5 Å². The molecule has 0 aliphatic heterocycles. The average molecular weight is 317 g/mol. The van der Waals surface area contributed by atoms with Gasteiger partial charge in [-0.3, -0.25) is 0 Å². The van der Waals surface area contributed by atoms with Crippen molar-refractivity contribution >= 4 is 15.9 Å². The van der Waals surface area contributed by atoms with Gasteiger partial charge in [0.25, 0.3) is 0 Å². The molecular weight excluding hydrogens is 300 g/mol. The normalized spacial score (nSPS) is 10.5. The first-order valence-corrected chi connectivity index (χ1v) is 7.25. The molecule has 19 heavy (non-hydrogen) atoms. The Labute approximate surface area is 123 Å². The molecule has 98 valence electrons. The first kappa shape index (κ1) is 15.5. The van der Waals surface area contributed by atoms with Crippen molar-refractivity contribution in [1.82, 2.24) is 0 Å². The van der Waals surface area contributed by atoms with Gasteiger partial charge in [0.2, 0.25) is 0 Å². The van der Waals surface area contributed by atoms with E-state index in [0.717, 1.165) is 30.2 Å². The van der Waals surface area contributed by atoms with Crippen LogP contribution in [-0.2, 0) is 6.42 Å². The lowest BCUT2D eigenvalue weighted by Gasteiger charge is -2.01. The van der Waals surface area contributed by atoms with E-state index in [1.165, 1.54) is 5.56 Å². The largest absolute Gasteiger partial charge is 0.197 e. The van der Waals surface area contributed by atoms with Crippen LogP contribution in [-0.4, -0.2) is 0 Å². The second kappa shape index (κ2) is 9.36. The van der Waals surface area contributed by atoms with E-state index in [4.69, 9.17) is 10.5 Å². The molecule has 0 amide bonds. The van der Waals surface area contributed by atoms with Gasteiger partial charge >= 0.3 is 0 Å². The number of hydrogen-bond acceptors (Lipinski definition) is 2. The van der Waals surface area contributed by atoms with Gasteiger partial charge in [-0.1, -0.05) is 46.3 Å². The van der Waals surface area contributed by atoms with E-state index < -0.39 is 5.92 Å². The highest BCUT2D eigenvalue weighted by Crippen LogP contribution is 2.17. The molecule has 0 saturated carbocycles. The smallest absolute Gasteiger partial charge is 0.133 e. The number of nitriles is 2. The molecule has 0 bridgehead atoms. The van der Waals surface area contributed by atoms with E-state index in [-0.39, 0.29) is 0 Å². The number of unbranched alkanes of at least 4 members (excludes halogenated alkanes) is 1. The average Bonchev–Trinajstić information content (AvgIpc) is 2.44. The Balaban J connectivity index is 2.17. The molecule has 0 N–H and O–H groups in total. The molecule has 0 saturated heterocycles. The fourth-order valence-electron chi connectivity index (χ4n) is 1.77. The maximum Gasteiger partial charge on any atom is 0.133 e. The highest BCUT2D eigenvalue weighted by atomic mass is 79.9. The second-order valence-electron chi connectivity index (χ2n) is 4.34. The summed E-state index contributed by atoms with van der Waals surface area (Å²) in [5.74, 6) is -0.450. The molecule has 0 aromatic heterocycles. The van der Waals surface area contributed by atoms with Crippen molar-refractivity contribution < 1.29 is 0 Å². The Hall–Kier alpha value is -1.58. The first-order chi connectivity index (χ1) is 9.27. The van der Waals surface area contributed by atoms with Gasteiger partial charge in [-0.05, 0) is 43.7 Å². The number of hydrogen-bond donors (Lipinski definition) is 0. The summed E-state index contributed by atoms with van der Waals surface area (Å²) in [6, 6.07) is 12.2. The van der Waals surface area contributed by atoms with Crippen molar-refractivity contribution in [3.8, 4) is 12.1 Å². The van der Waals surface area contributed by atoms with Crippen LogP contribution in [0.2, 0.25) is 0 Å². The number of nitrogens with zero attached hydrogens (tertiary/aromatic N) is 2. The molecule has 0 aliphatic carbocycles. The Bertz CT molecular complexity index is 480. The van der Waals surface area contributed by atoms with Crippen LogP contribution in [0.5, 0.6) is 0 Å². The van der Waals surface area contributed by atoms with E-state index in [1.807, 2.05) is 24.3 Å². The van der Waals surface area contributed by atoms with E-state index in [1.54, 1.807) is 0 Å². The lowest BCUT2D eigenvalue weighted by molar-refractivity contribution is 0.679. The molecular formula is C16H17BrN2. The SMILES string of the molecule is N#CC(C#N)CCC/C=C/CCc1ccccc1Br. The Morgan fingerprint density at radius 2 is 1.79 bits per heavy atom. The van der Waals surface area contributed by atoms with Crippen molar-refractivity contribution in [1.29, 1.82) is 10.5 Å². The molecule has 0 spiro atoms. The number of halogens is 1. The van der Waals surface area contributed by atoms with Gasteiger partial charge < -0.3 is 0 Å². The van der Waals surface area contributed by atoms with Crippen LogP contribution in [0.1, 0.15) is 31.2 Å². The van der Waals surface area contributed by atoms with Gasteiger partial charge in [0, 0.05) is 4.47 Å². The third-order valence-corrected chi connectivity index (χ3v) is 3.65. The maximum absolute atomic E-state index is 8.62. The monoisotopic (exact) mass is 316 g/mol. The number of aryl methyl sites for hydroxylation is 1. The molecule has 0 heterocycles. The van der Waals surface area contributed by atoms with Gasteiger partial charge in [-0.15, -0.1) is 0 Å². The zero-order chi connectivity index (χ0) is 13.9. The van der Waals surface area contributed by atoms with Crippen LogP contribution in [0.15, 0.2) is 40.9 Å². The fraction of sp³-hybridized carbons (Fsp3) is 0.375. The van der Waals surface area contributed by atoms with Gasteiger partial charge in [0.15, 0.2) is 0 Å². The van der Waals surface area contributed by atoms with Gasteiger partial charge in [-0.25, -0.2) is 0 Å². The van der Waals surface area contributed by atoms with Crippen molar-refractivity contribution in [2.75, 3.05) is 0 Å². The lowest BCUT2D eigenvalue weighted by atomic mass is 10.0. The van der Waals surface area contributed by atoms with Gasteiger partial charge in [0.05, 0.1) is 12.1 Å². The van der Waals surface area contributed by atoms with E-state index >= 15 is 0 Å². The van der Waals surface area contributed by atoms with Crippen molar-refractivity contribution in [2.24, 2.45) is 5.92 Å². The van der Waals surface area contributed by atoms with Crippen LogP contribution in [0.25, 0.3) is 0 Å². The first-order valence-electron chi connectivity index (χ1n) is 6.45. The highest BCUT2D eigenvalue weighted by Gasteiger charge is 2.02. The summed E-state index contributed by atoms with van der Waals surface area (Å²) in [6.07, 6.45) is 8.87. The maximum atomic E-state index is 8.62. The summed E-state index contributed by atoms with van der Waals surface area (Å²) in [4.78, 5) is 0. The Kier molecular flexibility index (Phi) is 7.63. The van der Waals surface area contributed by atoms with Crippen LogP contribution in [0.4, 0.5) is 0 Å². The van der Waals surface area contributed by atoms with E-state index in [9.17, 15) is 0 Å². The number of benzene rings is 1. The minimum Gasteiger partial charge on any atom is -0.197 e. The highest BCUT2D eigenvalue weighted by molar-refractivity contribution is 9.10. The van der Waals surface area contributed by atoms with Gasteiger partial charge in [0.1, 0.15) is 5.92 Å². The third-order valence-electron chi connectivity index (χ3n) is 2.88. The van der Waals surface area contributed by atoms with Crippen molar-refractivity contribution in [3.63, 3.8) is 0 Å². The van der Waals surface area contributed by atoms with Crippen LogP contribution in [0, 0.1) is 28.6 Å². The van der Waals surface area contributed by atoms with Gasteiger partial charge in [-0.2, -0.15) is 10.5 Å². The number of rotatable bonds is 7. The quantitative estimate of drug-likeness (QED) is 0.537. The van der Waals surface area contributed by atoms with Crippen molar-refractivity contribution in [2.45, 2.75) is 32.1 Å². The summed E-state index contributed by atoms with van der Waals surface area (Å²) >= 11 is 3.54. The summed E-state index contributed by atoms with van der Waals surface area (Å²) in [7, 11) is 0. The molecule has 0 atom stereocenters. The Morgan fingerprint density at radius 1 is 1.11 bits per heavy atom. The molecule has 1 aromatic rings. The zero-order valence-corrected chi connectivity index (χ0v) is 12.4. The number of allylic oxidation sites excluding steroid dienone is 2. The van der Waals surface area contributed by atoms with E-state index in [0.29, 0.717) is 6.42 Å². The van der Waals surface area contributed by atoms with Crippen LogP contribution >= 0.6 is 15.9 Å². The molecule has 1 aromatic carbocycles. The molecule has 0 fully saturated rings. The minimum absolute atomic E-state index is 0.450. The Morgan fingerprint density at radius 3 is 2.47 bits per heavy atom. The van der Waals surface area contributed by atoms with E-state index in [2.05, 4.69) is 40.2 Å². The molecule has 0 radical (unpaired) electrons. The second-order valence-corrected chi connectivity index (χ2v) is 5.20. The standard InChI is InChI=1S/C16H17BrN2/c17-16-11-7-6-10-15(16)9-5-3-1-2-4-8-14(12-18)13-19/h1,3,6-7,10-11,14H,2,4-5,8-9H2/b3-1+. The summed E-state index contributed by atoms with van der Waals surface area (Å²) < 4.78 is 1.16. The lowest BCUT2D eigenvalue weighted by Crippen LogP contribution is -1.91. The summed E-state index contributed by atoms with van der Waals surface area (Å²) in [6.45, 7) is 0. The zero-order valence-electron chi connectivity index (χ0n) is 10.8. The topological polar surface area (TPSA) is 47.6 Å². The van der Waals surface area contributed by atoms with Crippen LogP contribution < -0.4 is 0 Å². The predicted octanol–water partition coefficient (Wildman–Crippen LogP) is 4.77.